The quantitative estimate of drug-likeness (QED) is 0.875. The molecule has 1 aromatic carbocycles. The van der Waals surface area contributed by atoms with Crippen molar-refractivity contribution in [2.75, 3.05) is 0 Å². The highest BCUT2D eigenvalue weighted by Gasteiger charge is 2.19. The highest BCUT2D eigenvalue weighted by atomic mass is 16.4. The lowest BCUT2D eigenvalue weighted by atomic mass is 9.93. The van der Waals surface area contributed by atoms with Gasteiger partial charge in [-0.3, -0.25) is 9.78 Å². The van der Waals surface area contributed by atoms with E-state index in [1.165, 1.54) is 0 Å². The van der Waals surface area contributed by atoms with Gasteiger partial charge in [-0.25, -0.2) is 0 Å². The maximum absolute atomic E-state index is 11.3. The Labute approximate surface area is 106 Å². The molecular weight excluding hydrogens is 226 g/mol. The third kappa shape index (κ3) is 3.17. The highest BCUT2D eigenvalue weighted by molar-refractivity contribution is 5.75. The van der Waals surface area contributed by atoms with Crippen LogP contribution in [0, 0.1) is 0 Å². The fourth-order valence-corrected chi connectivity index (χ4v) is 1.97. The van der Waals surface area contributed by atoms with Crippen LogP contribution in [0.1, 0.15) is 23.5 Å². The summed E-state index contributed by atoms with van der Waals surface area (Å²) in [5, 5.41) is 9.28. The molecule has 1 N–H and O–H groups in total. The van der Waals surface area contributed by atoms with E-state index in [1.54, 1.807) is 18.5 Å². The Balaban J connectivity index is 2.06. The molecular formula is C15H15NO2. The first kappa shape index (κ1) is 12.3. The van der Waals surface area contributed by atoms with Crippen LogP contribution >= 0.6 is 0 Å². The fraction of sp³-hybridized carbons (Fsp3) is 0.200. The number of rotatable bonds is 5. The zero-order chi connectivity index (χ0) is 12.8. The first-order chi connectivity index (χ1) is 8.77. The molecule has 2 rings (SSSR count). The molecule has 0 aliphatic rings. The van der Waals surface area contributed by atoms with Crippen molar-refractivity contribution in [2.24, 2.45) is 0 Å². The number of aliphatic carboxylic acids is 1. The van der Waals surface area contributed by atoms with Crippen molar-refractivity contribution in [3.05, 3.63) is 66.0 Å². The van der Waals surface area contributed by atoms with Gasteiger partial charge in [-0.2, -0.15) is 0 Å². The molecule has 3 heteroatoms. The summed E-state index contributed by atoms with van der Waals surface area (Å²) >= 11 is 0. The molecule has 0 saturated carbocycles. The van der Waals surface area contributed by atoms with Crippen LogP contribution in [0.4, 0.5) is 0 Å². The first-order valence-electron chi connectivity index (χ1n) is 5.94. The van der Waals surface area contributed by atoms with E-state index in [1.807, 2.05) is 36.4 Å². The summed E-state index contributed by atoms with van der Waals surface area (Å²) in [4.78, 5) is 15.3. The maximum atomic E-state index is 11.3. The van der Waals surface area contributed by atoms with E-state index < -0.39 is 11.9 Å². The van der Waals surface area contributed by atoms with E-state index >= 15 is 0 Å². The van der Waals surface area contributed by atoms with Crippen molar-refractivity contribution in [1.29, 1.82) is 0 Å². The Hall–Kier alpha value is -2.16. The second-order valence-electron chi connectivity index (χ2n) is 4.20. The zero-order valence-electron chi connectivity index (χ0n) is 9.99. The zero-order valence-corrected chi connectivity index (χ0v) is 9.99. The van der Waals surface area contributed by atoms with E-state index in [9.17, 15) is 9.90 Å². The molecule has 2 aromatic rings. The highest BCUT2D eigenvalue weighted by Crippen LogP contribution is 2.21. The van der Waals surface area contributed by atoms with Crippen molar-refractivity contribution in [1.82, 2.24) is 4.98 Å². The number of aromatic nitrogens is 1. The molecule has 1 aromatic heterocycles. The van der Waals surface area contributed by atoms with Gasteiger partial charge in [0.1, 0.15) is 0 Å². The number of carboxylic acid groups (broad SMARTS) is 1. The van der Waals surface area contributed by atoms with Gasteiger partial charge in [-0.1, -0.05) is 36.4 Å². The van der Waals surface area contributed by atoms with Crippen LogP contribution in [0.15, 0.2) is 54.9 Å². The maximum Gasteiger partial charge on any atom is 0.311 e. The minimum atomic E-state index is -0.793. The number of pyridine rings is 1. The van der Waals surface area contributed by atoms with Crippen LogP contribution in [0.3, 0.4) is 0 Å². The third-order valence-corrected chi connectivity index (χ3v) is 2.95. The molecule has 0 aliphatic carbocycles. The molecule has 0 fully saturated rings. The summed E-state index contributed by atoms with van der Waals surface area (Å²) in [5.41, 5.74) is 1.92. The molecule has 0 unspecified atom stereocenters. The fourth-order valence-electron chi connectivity index (χ4n) is 1.97. The standard InChI is InChI=1S/C15H15NO2/c17-15(18)14(13-7-4-10-16-11-13)9-8-12-5-2-1-3-6-12/h1-7,10-11,14H,8-9H2,(H,17,18)/t14-/m0/s1. The smallest absolute Gasteiger partial charge is 0.311 e. The summed E-state index contributed by atoms with van der Waals surface area (Å²) in [7, 11) is 0. The van der Waals surface area contributed by atoms with Crippen molar-refractivity contribution >= 4 is 5.97 Å². The summed E-state index contributed by atoms with van der Waals surface area (Å²) in [5.74, 6) is -1.28. The molecule has 1 atom stereocenters. The van der Waals surface area contributed by atoms with E-state index in [0.717, 1.165) is 17.5 Å². The van der Waals surface area contributed by atoms with Gasteiger partial charge in [0.25, 0.3) is 0 Å². The van der Waals surface area contributed by atoms with Crippen LogP contribution in [-0.2, 0) is 11.2 Å². The minimum Gasteiger partial charge on any atom is -0.481 e. The Morgan fingerprint density at radius 2 is 1.94 bits per heavy atom. The molecule has 18 heavy (non-hydrogen) atoms. The van der Waals surface area contributed by atoms with Crippen molar-refractivity contribution in [3.8, 4) is 0 Å². The van der Waals surface area contributed by atoms with Gasteiger partial charge in [-0.05, 0) is 30.0 Å². The monoisotopic (exact) mass is 241 g/mol. The second-order valence-corrected chi connectivity index (χ2v) is 4.20. The summed E-state index contributed by atoms with van der Waals surface area (Å²) in [6.07, 6.45) is 4.63. The predicted octanol–water partition coefficient (Wildman–Crippen LogP) is 2.88. The topological polar surface area (TPSA) is 50.2 Å². The van der Waals surface area contributed by atoms with Crippen LogP contribution in [0.5, 0.6) is 0 Å². The molecule has 0 amide bonds. The molecule has 0 aliphatic heterocycles. The van der Waals surface area contributed by atoms with E-state index in [-0.39, 0.29) is 0 Å². The lowest BCUT2D eigenvalue weighted by molar-refractivity contribution is -0.138. The molecule has 92 valence electrons. The van der Waals surface area contributed by atoms with Gasteiger partial charge >= 0.3 is 5.97 Å². The predicted molar refractivity (Wildman–Crippen MR) is 69.4 cm³/mol. The second kappa shape index (κ2) is 5.96. The van der Waals surface area contributed by atoms with Crippen molar-refractivity contribution in [3.63, 3.8) is 0 Å². The van der Waals surface area contributed by atoms with Crippen LogP contribution in [0.2, 0.25) is 0 Å². The van der Waals surface area contributed by atoms with E-state index in [4.69, 9.17) is 0 Å². The van der Waals surface area contributed by atoms with Gasteiger partial charge in [0.05, 0.1) is 5.92 Å². The average molecular weight is 241 g/mol. The Morgan fingerprint density at radius 3 is 2.56 bits per heavy atom. The number of carboxylic acids is 1. The average Bonchev–Trinajstić information content (AvgIpc) is 2.41. The number of carbonyl (C=O) groups is 1. The van der Waals surface area contributed by atoms with Gasteiger partial charge in [-0.15, -0.1) is 0 Å². The molecule has 3 nitrogen and oxygen atoms in total. The van der Waals surface area contributed by atoms with E-state index in [0.29, 0.717) is 6.42 Å². The lowest BCUT2D eigenvalue weighted by Gasteiger charge is -2.12. The Morgan fingerprint density at radius 1 is 1.17 bits per heavy atom. The third-order valence-electron chi connectivity index (χ3n) is 2.95. The largest absolute Gasteiger partial charge is 0.481 e. The number of hydrogen-bond acceptors (Lipinski definition) is 2. The normalized spacial score (nSPS) is 12.0. The van der Waals surface area contributed by atoms with E-state index in [2.05, 4.69) is 4.98 Å². The molecule has 0 bridgehead atoms. The van der Waals surface area contributed by atoms with Gasteiger partial charge < -0.3 is 5.11 Å². The van der Waals surface area contributed by atoms with Crippen LogP contribution < -0.4 is 0 Å². The molecule has 0 saturated heterocycles. The lowest BCUT2D eigenvalue weighted by Crippen LogP contribution is -2.12. The molecule has 1 heterocycles. The molecule has 0 radical (unpaired) electrons. The molecule has 0 spiro atoms. The summed E-state index contributed by atoms with van der Waals surface area (Å²) in [6.45, 7) is 0. The number of benzene rings is 1. The number of aryl methyl sites for hydroxylation is 1. The van der Waals surface area contributed by atoms with Crippen molar-refractivity contribution < 1.29 is 9.90 Å². The van der Waals surface area contributed by atoms with Gasteiger partial charge in [0, 0.05) is 12.4 Å². The number of hydrogen-bond donors (Lipinski definition) is 1. The minimum absolute atomic E-state index is 0.487. The Bertz CT molecular complexity index is 496. The SMILES string of the molecule is O=C(O)[C@@H](CCc1ccccc1)c1cccnc1. The number of nitrogens with zero attached hydrogens (tertiary/aromatic N) is 1. The Kier molecular flexibility index (Phi) is 4.07. The first-order valence-corrected chi connectivity index (χ1v) is 5.94. The van der Waals surface area contributed by atoms with Gasteiger partial charge in [0.15, 0.2) is 0 Å². The summed E-state index contributed by atoms with van der Waals surface area (Å²) in [6, 6.07) is 13.5. The van der Waals surface area contributed by atoms with Crippen LogP contribution in [0.25, 0.3) is 0 Å². The summed E-state index contributed by atoms with van der Waals surface area (Å²) < 4.78 is 0. The van der Waals surface area contributed by atoms with Crippen LogP contribution in [-0.4, -0.2) is 16.1 Å². The van der Waals surface area contributed by atoms with Gasteiger partial charge in [0.2, 0.25) is 0 Å². The van der Waals surface area contributed by atoms with Crippen molar-refractivity contribution in [2.45, 2.75) is 18.8 Å².